The molecule has 0 radical (unpaired) electrons. The number of hydrogen-bond acceptors (Lipinski definition) is 5. The smallest absolute Gasteiger partial charge is 0.389 e. The minimum absolute atomic E-state index is 0.0132. The lowest BCUT2D eigenvalue weighted by molar-refractivity contribution is -0.134. The standard InChI is InChI=1S/C10H11F3N4O/c11-10(12,13)4-1-5-15-7-3-2-6(14)8-9(7)17-18-16-8/h2-3,15H,1,4-5,14H2. The van der Waals surface area contributed by atoms with Crippen molar-refractivity contribution in [3.63, 3.8) is 0 Å². The molecule has 0 saturated heterocycles. The summed E-state index contributed by atoms with van der Waals surface area (Å²) in [5.74, 6) is 0. The quantitative estimate of drug-likeness (QED) is 0.652. The molecule has 1 aromatic heterocycles. The van der Waals surface area contributed by atoms with E-state index in [1.54, 1.807) is 12.1 Å². The van der Waals surface area contributed by atoms with Crippen molar-refractivity contribution in [3.05, 3.63) is 12.1 Å². The summed E-state index contributed by atoms with van der Waals surface area (Å²) in [5, 5.41) is 10.1. The topological polar surface area (TPSA) is 77.0 Å². The minimum Gasteiger partial charge on any atom is -0.397 e. The van der Waals surface area contributed by atoms with E-state index in [-0.39, 0.29) is 13.0 Å². The molecule has 1 heterocycles. The molecule has 1 aromatic carbocycles. The van der Waals surface area contributed by atoms with E-state index in [2.05, 4.69) is 20.3 Å². The van der Waals surface area contributed by atoms with Crippen molar-refractivity contribution in [3.8, 4) is 0 Å². The number of nitrogens with zero attached hydrogens (tertiary/aromatic N) is 2. The van der Waals surface area contributed by atoms with Gasteiger partial charge in [0.2, 0.25) is 0 Å². The molecule has 2 rings (SSSR count). The van der Waals surface area contributed by atoms with Gasteiger partial charge in [-0.05, 0) is 28.9 Å². The van der Waals surface area contributed by atoms with Crippen LogP contribution in [0.2, 0.25) is 0 Å². The van der Waals surface area contributed by atoms with Crippen molar-refractivity contribution in [2.24, 2.45) is 0 Å². The highest BCUT2D eigenvalue weighted by Gasteiger charge is 2.25. The summed E-state index contributed by atoms with van der Waals surface area (Å²) in [6.07, 6.45) is -4.97. The molecule has 3 N–H and O–H groups in total. The molecule has 5 nitrogen and oxygen atoms in total. The van der Waals surface area contributed by atoms with Crippen LogP contribution in [0, 0.1) is 0 Å². The van der Waals surface area contributed by atoms with Crippen molar-refractivity contribution in [2.75, 3.05) is 17.6 Å². The monoisotopic (exact) mass is 260 g/mol. The van der Waals surface area contributed by atoms with Crippen LogP contribution in [0.1, 0.15) is 12.8 Å². The lowest BCUT2D eigenvalue weighted by Gasteiger charge is -2.08. The van der Waals surface area contributed by atoms with Gasteiger partial charge in [-0.15, -0.1) is 0 Å². The van der Waals surface area contributed by atoms with E-state index in [9.17, 15) is 13.2 Å². The average Bonchev–Trinajstić information content (AvgIpc) is 2.75. The maximum Gasteiger partial charge on any atom is 0.389 e. The minimum atomic E-state index is -4.13. The summed E-state index contributed by atoms with van der Waals surface area (Å²) in [7, 11) is 0. The van der Waals surface area contributed by atoms with Crippen molar-refractivity contribution in [2.45, 2.75) is 19.0 Å². The molecule has 0 fully saturated rings. The van der Waals surface area contributed by atoms with E-state index in [1.165, 1.54) is 0 Å². The van der Waals surface area contributed by atoms with Gasteiger partial charge in [0.1, 0.15) is 0 Å². The Morgan fingerprint density at radius 3 is 2.67 bits per heavy atom. The first-order valence-corrected chi connectivity index (χ1v) is 5.29. The SMILES string of the molecule is Nc1ccc(NCCCC(F)(F)F)c2nonc12. The van der Waals surface area contributed by atoms with Gasteiger partial charge in [0.25, 0.3) is 0 Å². The molecular weight excluding hydrogens is 249 g/mol. The van der Waals surface area contributed by atoms with Crippen molar-refractivity contribution in [1.82, 2.24) is 10.3 Å². The Labute approximate surface area is 100 Å². The second-order valence-electron chi connectivity index (χ2n) is 3.81. The predicted octanol–water partition coefficient (Wildman–Crippen LogP) is 2.56. The normalized spacial score (nSPS) is 11.9. The van der Waals surface area contributed by atoms with Crippen molar-refractivity contribution in [1.29, 1.82) is 0 Å². The summed E-state index contributed by atoms with van der Waals surface area (Å²) in [5.41, 5.74) is 7.43. The summed E-state index contributed by atoms with van der Waals surface area (Å²) in [4.78, 5) is 0. The van der Waals surface area contributed by atoms with Gasteiger partial charge in [0.15, 0.2) is 11.0 Å². The van der Waals surface area contributed by atoms with E-state index in [1.807, 2.05) is 0 Å². The molecule has 0 atom stereocenters. The molecule has 18 heavy (non-hydrogen) atoms. The van der Waals surface area contributed by atoms with Crippen LogP contribution in [0.4, 0.5) is 24.5 Å². The molecule has 0 unspecified atom stereocenters. The van der Waals surface area contributed by atoms with Gasteiger partial charge in [-0.3, -0.25) is 0 Å². The van der Waals surface area contributed by atoms with Crippen LogP contribution in [0.25, 0.3) is 11.0 Å². The number of aromatic nitrogens is 2. The highest BCUT2D eigenvalue weighted by atomic mass is 19.4. The lowest BCUT2D eigenvalue weighted by Crippen LogP contribution is -2.11. The van der Waals surface area contributed by atoms with Crippen LogP contribution in [0.5, 0.6) is 0 Å². The molecule has 0 spiro atoms. The zero-order valence-corrected chi connectivity index (χ0v) is 9.29. The van der Waals surface area contributed by atoms with Crippen LogP contribution < -0.4 is 11.1 Å². The lowest BCUT2D eigenvalue weighted by atomic mass is 10.2. The first kappa shape index (κ1) is 12.5. The van der Waals surface area contributed by atoms with Gasteiger partial charge in [-0.2, -0.15) is 13.2 Å². The number of nitrogens with one attached hydrogen (secondary N) is 1. The van der Waals surface area contributed by atoms with Gasteiger partial charge < -0.3 is 11.1 Å². The number of anilines is 2. The Kier molecular flexibility index (Phi) is 3.26. The number of rotatable bonds is 4. The molecule has 8 heteroatoms. The largest absolute Gasteiger partial charge is 0.397 e. The molecular formula is C10H11F3N4O. The molecule has 2 aromatic rings. The van der Waals surface area contributed by atoms with E-state index in [4.69, 9.17) is 5.73 Å². The molecule has 0 amide bonds. The number of halogens is 3. The Balaban J connectivity index is 2.00. The molecule has 0 aliphatic heterocycles. The zero-order chi connectivity index (χ0) is 13.2. The first-order chi connectivity index (χ1) is 8.47. The Hall–Kier alpha value is -1.99. The van der Waals surface area contributed by atoms with Gasteiger partial charge in [0.05, 0.1) is 11.4 Å². The fraction of sp³-hybridized carbons (Fsp3) is 0.400. The second kappa shape index (κ2) is 4.71. The van der Waals surface area contributed by atoms with Crippen LogP contribution in [0.15, 0.2) is 16.8 Å². The van der Waals surface area contributed by atoms with Crippen molar-refractivity contribution >= 4 is 22.4 Å². The first-order valence-electron chi connectivity index (χ1n) is 5.29. The third kappa shape index (κ3) is 2.82. The summed E-state index contributed by atoms with van der Waals surface area (Å²) < 4.78 is 40.4. The number of benzene rings is 1. The predicted molar refractivity (Wildman–Crippen MR) is 60.0 cm³/mol. The van der Waals surface area contributed by atoms with Crippen molar-refractivity contribution < 1.29 is 17.8 Å². The van der Waals surface area contributed by atoms with Crippen LogP contribution in [-0.2, 0) is 0 Å². The van der Waals surface area contributed by atoms with E-state index < -0.39 is 12.6 Å². The molecule has 98 valence electrons. The van der Waals surface area contributed by atoms with E-state index in [0.29, 0.717) is 22.4 Å². The fourth-order valence-corrected chi connectivity index (χ4v) is 1.54. The van der Waals surface area contributed by atoms with Crippen LogP contribution >= 0.6 is 0 Å². The van der Waals surface area contributed by atoms with Crippen LogP contribution in [0.3, 0.4) is 0 Å². The van der Waals surface area contributed by atoms with E-state index >= 15 is 0 Å². The third-order valence-electron chi connectivity index (χ3n) is 2.40. The van der Waals surface area contributed by atoms with Gasteiger partial charge in [-0.1, -0.05) is 0 Å². The summed E-state index contributed by atoms with van der Waals surface area (Å²) >= 11 is 0. The maximum absolute atomic E-state index is 12.0. The van der Waals surface area contributed by atoms with Crippen LogP contribution in [-0.4, -0.2) is 23.0 Å². The molecule has 0 saturated carbocycles. The van der Waals surface area contributed by atoms with Gasteiger partial charge >= 0.3 is 6.18 Å². The maximum atomic E-state index is 12.0. The number of hydrogen-bond donors (Lipinski definition) is 2. The summed E-state index contributed by atoms with van der Waals surface area (Å²) in [6.45, 7) is 0.186. The Morgan fingerprint density at radius 2 is 1.94 bits per heavy atom. The number of fused-ring (bicyclic) bond motifs is 1. The average molecular weight is 260 g/mol. The molecule has 0 bridgehead atoms. The highest BCUT2D eigenvalue weighted by molar-refractivity contribution is 5.94. The van der Waals surface area contributed by atoms with E-state index in [0.717, 1.165) is 0 Å². The highest BCUT2D eigenvalue weighted by Crippen LogP contribution is 2.26. The third-order valence-corrected chi connectivity index (χ3v) is 2.40. The molecule has 0 aliphatic rings. The number of nitrogens with two attached hydrogens (primary N) is 1. The number of alkyl halides is 3. The summed E-state index contributed by atoms with van der Waals surface area (Å²) in [6, 6.07) is 3.23. The Bertz CT molecular complexity index is 537. The second-order valence-corrected chi connectivity index (χ2v) is 3.81. The molecule has 0 aliphatic carbocycles. The fourth-order valence-electron chi connectivity index (χ4n) is 1.54. The number of nitrogen functional groups attached to an aromatic ring is 1. The van der Waals surface area contributed by atoms with Gasteiger partial charge in [0, 0.05) is 13.0 Å². The van der Waals surface area contributed by atoms with Gasteiger partial charge in [-0.25, -0.2) is 4.63 Å². The Morgan fingerprint density at radius 1 is 1.22 bits per heavy atom. The zero-order valence-electron chi connectivity index (χ0n) is 9.29.